The summed E-state index contributed by atoms with van der Waals surface area (Å²) in [7, 11) is 0. The Morgan fingerprint density at radius 1 is 1.37 bits per heavy atom. The van der Waals surface area contributed by atoms with Gasteiger partial charge in [-0.1, -0.05) is 6.92 Å². The summed E-state index contributed by atoms with van der Waals surface area (Å²) < 4.78 is 5.80. The van der Waals surface area contributed by atoms with E-state index in [1.165, 1.54) is 12.8 Å². The van der Waals surface area contributed by atoms with E-state index in [0.717, 1.165) is 25.4 Å². The van der Waals surface area contributed by atoms with Crippen molar-refractivity contribution >= 4 is 5.91 Å². The maximum Gasteiger partial charge on any atom is 0.237 e. The summed E-state index contributed by atoms with van der Waals surface area (Å²) in [5.74, 6) is 0.815. The minimum atomic E-state index is -0.154. The molecule has 0 spiro atoms. The second-order valence-corrected chi connectivity index (χ2v) is 6.68. The molecular weight excluding hydrogens is 240 g/mol. The highest BCUT2D eigenvalue weighted by molar-refractivity contribution is 5.82. The molecule has 1 amide bonds. The van der Waals surface area contributed by atoms with Gasteiger partial charge in [0, 0.05) is 18.2 Å². The molecule has 4 nitrogen and oxygen atoms in total. The quantitative estimate of drug-likeness (QED) is 0.773. The Morgan fingerprint density at radius 3 is 2.63 bits per heavy atom. The van der Waals surface area contributed by atoms with Crippen LogP contribution in [0.25, 0.3) is 0 Å². The first kappa shape index (κ1) is 14.8. The van der Waals surface area contributed by atoms with Crippen molar-refractivity contribution in [3.63, 3.8) is 0 Å². The molecule has 2 N–H and O–H groups in total. The minimum Gasteiger partial charge on any atom is -0.376 e. The fourth-order valence-corrected chi connectivity index (χ4v) is 2.61. The standard InChI is InChI=1S/C15H28N2O2/c1-5-15(3,4)17-14(18)10(2)16-12-8-9-19-13(12)11-6-7-11/h10-13,16H,5-9H2,1-4H3,(H,17,18). The van der Waals surface area contributed by atoms with Gasteiger partial charge >= 0.3 is 0 Å². The Labute approximate surface area is 116 Å². The number of hydrogen-bond donors (Lipinski definition) is 2. The van der Waals surface area contributed by atoms with Crippen molar-refractivity contribution in [2.75, 3.05) is 6.61 Å². The number of nitrogens with one attached hydrogen (secondary N) is 2. The second kappa shape index (κ2) is 5.80. The van der Waals surface area contributed by atoms with Gasteiger partial charge in [-0.15, -0.1) is 0 Å². The fourth-order valence-electron chi connectivity index (χ4n) is 2.61. The highest BCUT2D eigenvalue weighted by Crippen LogP contribution is 2.38. The smallest absolute Gasteiger partial charge is 0.237 e. The van der Waals surface area contributed by atoms with Crippen LogP contribution in [0.5, 0.6) is 0 Å². The molecule has 2 aliphatic rings. The van der Waals surface area contributed by atoms with Crippen LogP contribution in [-0.2, 0) is 9.53 Å². The largest absolute Gasteiger partial charge is 0.376 e. The molecule has 0 aromatic carbocycles. The van der Waals surface area contributed by atoms with Crippen LogP contribution in [0.1, 0.15) is 53.4 Å². The van der Waals surface area contributed by atoms with E-state index in [4.69, 9.17) is 4.74 Å². The van der Waals surface area contributed by atoms with E-state index in [-0.39, 0.29) is 17.5 Å². The third-order valence-corrected chi connectivity index (χ3v) is 4.43. The summed E-state index contributed by atoms with van der Waals surface area (Å²) in [6.07, 6.45) is 4.85. The Kier molecular flexibility index (Phi) is 4.51. The third-order valence-electron chi connectivity index (χ3n) is 4.43. The van der Waals surface area contributed by atoms with Gasteiger partial charge in [-0.3, -0.25) is 4.79 Å². The number of amides is 1. The summed E-state index contributed by atoms with van der Waals surface area (Å²) in [6.45, 7) is 8.98. The number of carbonyl (C=O) groups is 1. The lowest BCUT2D eigenvalue weighted by Crippen LogP contribution is -2.54. The average Bonchev–Trinajstić information content (AvgIpc) is 3.10. The molecule has 1 aliphatic heterocycles. The van der Waals surface area contributed by atoms with Gasteiger partial charge in [0.25, 0.3) is 0 Å². The van der Waals surface area contributed by atoms with Gasteiger partial charge in [0.15, 0.2) is 0 Å². The summed E-state index contributed by atoms with van der Waals surface area (Å²) in [4.78, 5) is 12.2. The van der Waals surface area contributed by atoms with Crippen LogP contribution in [-0.4, -0.2) is 36.2 Å². The molecule has 0 aromatic heterocycles. The van der Waals surface area contributed by atoms with Crippen LogP contribution in [0.2, 0.25) is 0 Å². The highest BCUT2D eigenvalue weighted by atomic mass is 16.5. The summed E-state index contributed by atoms with van der Waals surface area (Å²) in [5.41, 5.74) is -0.130. The number of ether oxygens (including phenoxy) is 1. The van der Waals surface area contributed by atoms with Crippen molar-refractivity contribution in [1.29, 1.82) is 0 Å². The van der Waals surface area contributed by atoms with E-state index >= 15 is 0 Å². The molecule has 1 saturated heterocycles. The lowest BCUT2D eigenvalue weighted by Gasteiger charge is -2.29. The van der Waals surface area contributed by atoms with Gasteiger partial charge in [-0.05, 0) is 52.4 Å². The van der Waals surface area contributed by atoms with E-state index in [0.29, 0.717) is 12.1 Å². The van der Waals surface area contributed by atoms with Crippen molar-refractivity contribution in [3.05, 3.63) is 0 Å². The van der Waals surface area contributed by atoms with Gasteiger partial charge in [-0.25, -0.2) is 0 Å². The van der Waals surface area contributed by atoms with Gasteiger partial charge in [-0.2, -0.15) is 0 Å². The molecule has 19 heavy (non-hydrogen) atoms. The molecule has 0 aromatic rings. The highest BCUT2D eigenvalue weighted by Gasteiger charge is 2.41. The predicted molar refractivity (Wildman–Crippen MR) is 76.0 cm³/mol. The summed E-state index contributed by atoms with van der Waals surface area (Å²) in [5, 5.41) is 6.56. The normalized spacial score (nSPS) is 29.3. The number of rotatable bonds is 6. The van der Waals surface area contributed by atoms with Crippen LogP contribution < -0.4 is 10.6 Å². The van der Waals surface area contributed by atoms with Crippen molar-refractivity contribution < 1.29 is 9.53 Å². The lowest BCUT2D eigenvalue weighted by molar-refractivity contribution is -0.124. The Morgan fingerprint density at radius 2 is 2.05 bits per heavy atom. The molecule has 4 heteroatoms. The van der Waals surface area contributed by atoms with Crippen LogP contribution in [0.4, 0.5) is 0 Å². The number of carbonyl (C=O) groups excluding carboxylic acids is 1. The lowest BCUT2D eigenvalue weighted by atomic mass is 10.0. The van der Waals surface area contributed by atoms with Crippen LogP contribution >= 0.6 is 0 Å². The van der Waals surface area contributed by atoms with Gasteiger partial charge in [0.2, 0.25) is 5.91 Å². The monoisotopic (exact) mass is 268 g/mol. The van der Waals surface area contributed by atoms with Crippen LogP contribution in [0, 0.1) is 5.92 Å². The first-order valence-corrected chi connectivity index (χ1v) is 7.62. The van der Waals surface area contributed by atoms with Crippen molar-refractivity contribution in [2.45, 2.75) is 77.1 Å². The van der Waals surface area contributed by atoms with E-state index in [9.17, 15) is 4.79 Å². The Balaban J connectivity index is 1.82. The first-order valence-electron chi connectivity index (χ1n) is 7.62. The van der Waals surface area contributed by atoms with E-state index < -0.39 is 0 Å². The fraction of sp³-hybridized carbons (Fsp3) is 0.933. The van der Waals surface area contributed by atoms with Crippen molar-refractivity contribution in [2.24, 2.45) is 5.92 Å². The van der Waals surface area contributed by atoms with Crippen LogP contribution in [0.15, 0.2) is 0 Å². The third kappa shape index (κ3) is 3.93. The van der Waals surface area contributed by atoms with E-state index in [1.807, 2.05) is 6.92 Å². The van der Waals surface area contributed by atoms with Crippen LogP contribution in [0.3, 0.4) is 0 Å². The molecule has 2 rings (SSSR count). The zero-order valence-corrected chi connectivity index (χ0v) is 12.7. The molecule has 0 bridgehead atoms. The zero-order chi connectivity index (χ0) is 14.0. The van der Waals surface area contributed by atoms with E-state index in [1.54, 1.807) is 0 Å². The van der Waals surface area contributed by atoms with E-state index in [2.05, 4.69) is 31.4 Å². The molecule has 0 radical (unpaired) electrons. The summed E-state index contributed by atoms with van der Waals surface area (Å²) in [6, 6.07) is 0.191. The van der Waals surface area contributed by atoms with Gasteiger partial charge in [0.1, 0.15) is 0 Å². The second-order valence-electron chi connectivity index (χ2n) is 6.68. The SMILES string of the molecule is CCC(C)(C)NC(=O)C(C)NC1CCOC1C1CC1. The topological polar surface area (TPSA) is 50.4 Å². The molecule has 2 fully saturated rings. The van der Waals surface area contributed by atoms with Gasteiger partial charge < -0.3 is 15.4 Å². The molecule has 1 heterocycles. The average molecular weight is 268 g/mol. The molecule has 1 saturated carbocycles. The molecule has 1 aliphatic carbocycles. The molecular formula is C15H28N2O2. The van der Waals surface area contributed by atoms with Crippen molar-refractivity contribution in [1.82, 2.24) is 10.6 Å². The van der Waals surface area contributed by atoms with Crippen molar-refractivity contribution in [3.8, 4) is 0 Å². The Hall–Kier alpha value is -0.610. The maximum absolute atomic E-state index is 12.2. The number of hydrogen-bond acceptors (Lipinski definition) is 3. The maximum atomic E-state index is 12.2. The zero-order valence-electron chi connectivity index (χ0n) is 12.7. The Bertz CT molecular complexity index is 326. The molecule has 3 atom stereocenters. The first-order chi connectivity index (χ1) is 8.93. The molecule has 110 valence electrons. The van der Waals surface area contributed by atoms with Gasteiger partial charge in [0.05, 0.1) is 12.1 Å². The summed E-state index contributed by atoms with van der Waals surface area (Å²) >= 11 is 0. The predicted octanol–water partition coefficient (Wildman–Crippen LogP) is 1.84. The molecule has 3 unspecified atom stereocenters. The minimum absolute atomic E-state index is 0.0910.